The molecule has 0 spiro atoms. The van der Waals surface area contributed by atoms with E-state index in [0.717, 1.165) is 53.3 Å². The number of amides is 1. The Bertz CT molecular complexity index is 720. The minimum absolute atomic E-state index is 0.0630. The van der Waals surface area contributed by atoms with Gasteiger partial charge in [-0.1, -0.05) is 31.9 Å². The van der Waals surface area contributed by atoms with Crippen LogP contribution in [-0.2, 0) is 4.79 Å². The zero-order chi connectivity index (χ0) is 17.2. The summed E-state index contributed by atoms with van der Waals surface area (Å²) in [6, 6.07) is 6.14. The fraction of sp³-hybridized carbons (Fsp3) is 0.650. The van der Waals surface area contributed by atoms with Crippen molar-refractivity contribution in [3.8, 4) is 5.75 Å². The molecule has 4 bridgehead atoms. The number of carbonyl (C=O) groups excluding carboxylic acids is 1. The number of halogens is 2. The largest absolute Gasteiger partial charge is 0.493 e. The van der Waals surface area contributed by atoms with Crippen molar-refractivity contribution in [3.63, 3.8) is 0 Å². The molecule has 3 unspecified atom stereocenters. The Morgan fingerprint density at radius 1 is 1.20 bits per heavy atom. The van der Waals surface area contributed by atoms with Gasteiger partial charge in [0, 0.05) is 20.8 Å². The SMILES string of the molecule is O=C(NC1CCOc2ccc(Br)cc21)C12CC3CC(CC(Br)(C3)C1)C2. The van der Waals surface area contributed by atoms with Gasteiger partial charge >= 0.3 is 0 Å². The second kappa shape index (κ2) is 5.72. The smallest absolute Gasteiger partial charge is 0.226 e. The van der Waals surface area contributed by atoms with Crippen LogP contribution in [0.2, 0.25) is 0 Å². The summed E-state index contributed by atoms with van der Waals surface area (Å²) < 4.78 is 7.02. The molecule has 3 atom stereocenters. The highest BCUT2D eigenvalue weighted by atomic mass is 79.9. The van der Waals surface area contributed by atoms with Crippen molar-refractivity contribution in [3.05, 3.63) is 28.2 Å². The molecule has 1 aromatic carbocycles. The molecule has 1 N–H and O–H groups in total. The summed E-state index contributed by atoms with van der Waals surface area (Å²) in [7, 11) is 0. The van der Waals surface area contributed by atoms with Crippen molar-refractivity contribution in [1.29, 1.82) is 0 Å². The van der Waals surface area contributed by atoms with Gasteiger partial charge in [0.1, 0.15) is 5.75 Å². The Kier molecular flexibility index (Phi) is 3.80. The van der Waals surface area contributed by atoms with Crippen LogP contribution in [-0.4, -0.2) is 16.8 Å². The summed E-state index contributed by atoms with van der Waals surface area (Å²) >= 11 is 7.56. The molecule has 0 saturated heterocycles. The number of fused-ring (bicyclic) bond motifs is 1. The zero-order valence-electron chi connectivity index (χ0n) is 14.2. The van der Waals surface area contributed by atoms with E-state index in [4.69, 9.17) is 4.74 Å². The first-order valence-electron chi connectivity index (χ1n) is 9.37. The topological polar surface area (TPSA) is 38.3 Å². The van der Waals surface area contributed by atoms with Crippen molar-refractivity contribution in [1.82, 2.24) is 5.32 Å². The number of rotatable bonds is 2. The van der Waals surface area contributed by atoms with Crippen molar-refractivity contribution in [2.24, 2.45) is 17.3 Å². The Morgan fingerprint density at radius 2 is 1.96 bits per heavy atom. The van der Waals surface area contributed by atoms with Crippen LogP contribution in [0, 0.1) is 17.3 Å². The van der Waals surface area contributed by atoms with Gasteiger partial charge in [-0.25, -0.2) is 0 Å². The quantitative estimate of drug-likeness (QED) is 0.611. The highest BCUT2D eigenvalue weighted by Crippen LogP contribution is 2.64. The van der Waals surface area contributed by atoms with Gasteiger partial charge in [-0.05, 0) is 68.6 Å². The van der Waals surface area contributed by atoms with Crippen LogP contribution in [0.15, 0.2) is 22.7 Å². The van der Waals surface area contributed by atoms with Gasteiger partial charge in [-0.15, -0.1) is 0 Å². The first kappa shape index (κ1) is 16.6. The van der Waals surface area contributed by atoms with E-state index in [-0.39, 0.29) is 21.7 Å². The highest BCUT2D eigenvalue weighted by molar-refractivity contribution is 9.10. The van der Waals surface area contributed by atoms with E-state index in [9.17, 15) is 4.79 Å². The molecule has 25 heavy (non-hydrogen) atoms. The Labute approximate surface area is 165 Å². The van der Waals surface area contributed by atoms with Crippen LogP contribution >= 0.6 is 31.9 Å². The molecule has 1 amide bonds. The molecule has 4 fully saturated rings. The number of alkyl halides is 1. The molecule has 1 aromatic rings. The van der Waals surface area contributed by atoms with Gasteiger partial charge in [0.25, 0.3) is 0 Å². The fourth-order valence-corrected chi connectivity index (χ4v) is 8.07. The molecular formula is C20H23Br2NO2. The zero-order valence-corrected chi connectivity index (χ0v) is 17.4. The third-order valence-corrected chi connectivity index (χ3v) is 8.21. The van der Waals surface area contributed by atoms with E-state index in [1.165, 1.54) is 19.3 Å². The minimum Gasteiger partial charge on any atom is -0.493 e. The van der Waals surface area contributed by atoms with Crippen molar-refractivity contribution >= 4 is 37.8 Å². The summed E-state index contributed by atoms with van der Waals surface area (Å²) in [5.41, 5.74) is 0.949. The van der Waals surface area contributed by atoms with Gasteiger partial charge in [0.2, 0.25) is 5.91 Å². The highest BCUT2D eigenvalue weighted by Gasteiger charge is 2.59. The molecule has 0 radical (unpaired) electrons. The van der Waals surface area contributed by atoms with Crippen LogP contribution in [0.4, 0.5) is 0 Å². The number of ether oxygens (including phenoxy) is 1. The number of hydrogen-bond donors (Lipinski definition) is 1. The van der Waals surface area contributed by atoms with Crippen molar-refractivity contribution < 1.29 is 9.53 Å². The Balaban J connectivity index is 1.41. The lowest BCUT2D eigenvalue weighted by molar-refractivity contribution is -0.145. The predicted molar refractivity (Wildman–Crippen MR) is 104 cm³/mol. The van der Waals surface area contributed by atoms with Crippen LogP contribution < -0.4 is 10.1 Å². The number of hydrogen-bond acceptors (Lipinski definition) is 2. The molecular weight excluding hydrogens is 446 g/mol. The average Bonchev–Trinajstić information content (AvgIpc) is 2.53. The molecule has 6 rings (SSSR count). The van der Waals surface area contributed by atoms with E-state index >= 15 is 0 Å². The normalized spacial score (nSPS) is 41.1. The molecule has 0 aromatic heterocycles. The summed E-state index contributed by atoms with van der Waals surface area (Å²) in [5, 5.41) is 3.42. The number of nitrogens with one attached hydrogen (secondary N) is 1. The maximum absolute atomic E-state index is 13.4. The Morgan fingerprint density at radius 3 is 2.68 bits per heavy atom. The molecule has 3 nitrogen and oxygen atoms in total. The van der Waals surface area contributed by atoms with Crippen molar-refractivity contribution in [2.75, 3.05) is 6.61 Å². The predicted octanol–water partition coefficient (Wildman–Crippen LogP) is 5.12. The summed E-state index contributed by atoms with van der Waals surface area (Å²) in [6.07, 6.45) is 7.85. The van der Waals surface area contributed by atoms with E-state index in [1.807, 2.05) is 12.1 Å². The van der Waals surface area contributed by atoms with Gasteiger partial charge in [-0.3, -0.25) is 4.79 Å². The molecule has 5 heteroatoms. The Hall–Kier alpha value is -0.550. The first-order chi connectivity index (χ1) is 11.9. The maximum atomic E-state index is 13.4. The molecule has 4 aliphatic carbocycles. The van der Waals surface area contributed by atoms with Gasteiger partial charge in [0.05, 0.1) is 18.1 Å². The first-order valence-corrected chi connectivity index (χ1v) is 11.0. The van der Waals surface area contributed by atoms with Gasteiger partial charge in [0.15, 0.2) is 0 Å². The third-order valence-electron chi connectivity index (χ3n) is 6.79. The van der Waals surface area contributed by atoms with Crippen LogP contribution in [0.25, 0.3) is 0 Å². The maximum Gasteiger partial charge on any atom is 0.226 e. The lowest BCUT2D eigenvalue weighted by Crippen LogP contribution is -2.58. The lowest BCUT2D eigenvalue weighted by Gasteiger charge is -2.59. The molecule has 1 aliphatic heterocycles. The van der Waals surface area contributed by atoms with Crippen molar-refractivity contribution in [2.45, 2.75) is 55.3 Å². The summed E-state index contributed by atoms with van der Waals surface area (Å²) in [4.78, 5) is 13.4. The number of carbonyl (C=O) groups is 1. The lowest BCUT2D eigenvalue weighted by atomic mass is 9.49. The van der Waals surface area contributed by atoms with Crippen LogP contribution in [0.5, 0.6) is 5.75 Å². The second-order valence-electron chi connectivity index (χ2n) is 8.74. The minimum atomic E-state index is -0.155. The summed E-state index contributed by atoms with van der Waals surface area (Å²) in [6.45, 7) is 0.667. The van der Waals surface area contributed by atoms with E-state index in [0.29, 0.717) is 6.61 Å². The van der Waals surface area contributed by atoms with E-state index in [2.05, 4.69) is 43.2 Å². The standard InChI is InChI=1S/C20H23Br2NO2/c21-14-1-2-17-15(6-14)16(3-4-25-17)23-18(24)19-7-12-5-13(8-19)10-20(22,9-12)11-19/h1-2,6,12-13,16H,3-5,7-11H2,(H,23,24). The molecule has 5 aliphatic rings. The average molecular weight is 469 g/mol. The van der Waals surface area contributed by atoms with E-state index in [1.54, 1.807) is 0 Å². The van der Waals surface area contributed by atoms with Gasteiger partial charge < -0.3 is 10.1 Å². The van der Waals surface area contributed by atoms with Gasteiger partial charge in [-0.2, -0.15) is 0 Å². The van der Waals surface area contributed by atoms with Crippen LogP contribution in [0.1, 0.15) is 56.6 Å². The second-order valence-corrected chi connectivity index (χ2v) is 11.3. The third kappa shape index (κ3) is 2.77. The fourth-order valence-electron chi connectivity index (χ4n) is 6.24. The molecule has 134 valence electrons. The number of benzene rings is 1. The summed E-state index contributed by atoms with van der Waals surface area (Å²) in [5.74, 6) is 2.63. The van der Waals surface area contributed by atoms with E-state index < -0.39 is 0 Å². The molecule has 1 heterocycles. The van der Waals surface area contributed by atoms with Crippen LogP contribution in [0.3, 0.4) is 0 Å². The molecule has 4 saturated carbocycles. The monoisotopic (exact) mass is 467 g/mol.